The van der Waals surface area contributed by atoms with Crippen LogP contribution in [-0.4, -0.2) is 17.2 Å². The van der Waals surface area contributed by atoms with Gasteiger partial charge in [-0.1, -0.05) is 39.8 Å². The van der Waals surface area contributed by atoms with Crippen LogP contribution in [0.15, 0.2) is 33.5 Å². The van der Waals surface area contributed by atoms with Crippen LogP contribution in [0.3, 0.4) is 0 Å². The molecule has 0 amide bonds. The van der Waals surface area contributed by atoms with Crippen molar-refractivity contribution in [2.45, 2.75) is 40.3 Å². The Morgan fingerprint density at radius 3 is 2.63 bits per heavy atom. The molecule has 0 fully saturated rings. The predicted molar refractivity (Wildman–Crippen MR) is 77.4 cm³/mol. The van der Waals surface area contributed by atoms with Crippen LogP contribution in [0.1, 0.15) is 27.7 Å². The molecule has 0 aliphatic rings. The Hall–Kier alpha value is -1.55. The van der Waals surface area contributed by atoms with Gasteiger partial charge in [-0.15, -0.1) is 0 Å². The lowest BCUT2D eigenvalue weighted by Crippen LogP contribution is -2.44. The molecule has 1 heterocycles. The lowest BCUT2D eigenvalue weighted by atomic mass is 9.86. The maximum atomic E-state index is 12.0. The average molecular weight is 262 g/mol. The number of hydrogen-bond donors (Lipinski definition) is 1. The molecule has 1 aromatic heterocycles. The number of likely N-dealkylation sites (N-methyl/N-ethyl adjacent to an activating group) is 1. The molecule has 0 aliphatic carbocycles. The van der Waals surface area contributed by atoms with Crippen LogP contribution >= 0.6 is 0 Å². The largest absolute Gasteiger partial charge is 0.420 e. The van der Waals surface area contributed by atoms with E-state index in [1.54, 1.807) is 4.57 Å². The van der Waals surface area contributed by atoms with Gasteiger partial charge in [-0.2, -0.15) is 0 Å². The second-order valence-electron chi connectivity index (χ2n) is 5.92. The van der Waals surface area contributed by atoms with E-state index in [9.17, 15) is 4.79 Å². The number of oxazole rings is 1. The van der Waals surface area contributed by atoms with E-state index >= 15 is 0 Å². The fraction of sp³-hybridized carbons (Fsp3) is 0.533. The summed E-state index contributed by atoms with van der Waals surface area (Å²) in [6, 6.07) is 7.77. The van der Waals surface area contributed by atoms with Gasteiger partial charge in [-0.3, -0.25) is 4.57 Å². The second-order valence-corrected chi connectivity index (χ2v) is 5.92. The van der Waals surface area contributed by atoms with Crippen LogP contribution in [-0.2, 0) is 6.54 Å². The third-order valence-electron chi connectivity index (χ3n) is 3.43. The van der Waals surface area contributed by atoms with Crippen molar-refractivity contribution in [3.8, 4) is 0 Å². The molecule has 2 aromatic rings. The Balaban J connectivity index is 2.39. The third kappa shape index (κ3) is 2.89. The van der Waals surface area contributed by atoms with Gasteiger partial charge in [0, 0.05) is 12.6 Å². The lowest BCUT2D eigenvalue weighted by Gasteiger charge is -2.31. The van der Waals surface area contributed by atoms with Gasteiger partial charge in [0.25, 0.3) is 0 Å². The Morgan fingerprint density at radius 1 is 1.32 bits per heavy atom. The van der Waals surface area contributed by atoms with Crippen LogP contribution in [0, 0.1) is 5.41 Å². The van der Waals surface area contributed by atoms with Gasteiger partial charge in [0.05, 0.1) is 5.52 Å². The monoisotopic (exact) mass is 262 g/mol. The first kappa shape index (κ1) is 13.9. The maximum absolute atomic E-state index is 12.0. The smallest absolute Gasteiger partial charge is 0.408 e. The quantitative estimate of drug-likeness (QED) is 0.921. The number of nitrogens with one attached hydrogen (secondary N) is 1. The molecule has 0 saturated heterocycles. The van der Waals surface area contributed by atoms with Gasteiger partial charge < -0.3 is 9.73 Å². The highest BCUT2D eigenvalue weighted by Gasteiger charge is 2.25. The first-order valence-corrected chi connectivity index (χ1v) is 6.75. The summed E-state index contributed by atoms with van der Waals surface area (Å²) in [7, 11) is 0. The molecule has 1 unspecified atom stereocenters. The molecule has 1 aromatic carbocycles. The zero-order valence-electron chi connectivity index (χ0n) is 12.1. The van der Waals surface area contributed by atoms with Gasteiger partial charge >= 0.3 is 5.76 Å². The average Bonchev–Trinajstić information content (AvgIpc) is 2.64. The first-order valence-electron chi connectivity index (χ1n) is 6.75. The second kappa shape index (κ2) is 5.21. The topological polar surface area (TPSA) is 47.2 Å². The molecular formula is C15H22N2O2. The summed E-state index contributed by atoms with van der Waals surface area (Å²) in [6.45, 7) is 10.1. The van der Waals surface area contributed by atoms with E-state index in [0.29, 0.717) is 12.1 Å². The zero-order chi connectivity index (χ0) is 14.0. The molecule has 0 saturated carbocycles. The number of fused-ring (bicyclic) bond motifs is 1. The van der Waals surface area contributed by atoms with Gasteiger partial charge in [-0.05, 0) is 24.1 Å². The van der Waals surface area contributed by atoms with Crippen molar-refractivity contribution in [1.29, 1.82) is 0 Å². The summed E-state index contributed by atoms with van der Waals surface area (Å²) in [4.78, 5) is 12.0. The highest BCUT2D eigenvalue weighted by molar-refractivity contribution is 5.72. The summed E-state index contributed by atoms with van der Waals surface area (Å²) >= 11 is 0. The number of benzene rings is 1. The highest BCUT2D eigenvalue weighted by atomic mass is 16.4. The molecule has 1 atom stereocenters. The molecular weight excluding hydrogens is 240 g/mol. The minimum atomic E-state index is -0.284. The highest BCUT2D eigenvalue weighted by Crippen LogP contribution is 2.22. The molecule has 4 nitrogen and oxygen atoms in total. The predicted octanol–water partition coefficient (Wildman–Crippen LogP) is 2.62. The SMILES string of the molecule is CCNC(Cn1c(=O)oc2ccccc21)C(C)(C)C. The minimum Gasteiger partial charge on any atom is -0.408 e. The molecule has 0 spiro atoms. The Labute approximate surface area is 113 Å². The van der Waals surface area contributed by atoms with Crippen molar-refractivity contribution in [3.63, 3.8) is 0 Å². The molecule has 19 heavy (non-hydrogen) atoms. The zero-order valence-corrected chi connectivity index (χ0v) is 12.1. The Morgan fingerprint density at radius 2 is 2.00 bits per heavy atom. The van der Waals surface area contributed by atoms with Crippen LogP contribution < -0.4 is 11.1 Å². The normalized spacial score (nSPS) is 13.9. The summed E-state index contributed by atoms with van der Waals surface area (Å²) < 4.78 is 6.99. The van der Waals surface area contributed by atoms with Crippen molar-refractivity contribution in [1.82, 2.24) is 9.88 Å². The van der Waals surface area contributed by atoms with Gasteiger partial charge in [0.2, 0.25) is 0 Å². The molecule has 2 rings (SSSR count). The van der Waals surface area contributed by atoms with Crippen LogP contribution in [0.25, 0.3) is 11.1 Å². The number of nitrogens with zero attached hydrogens (tertiary/aromatic N) is 1. The van der Waals surface area contributed by atoms with Gasteiger partial charge in [-0.25, -0.2) is 4.79 Å². The van der Waals surface area contributed by atoms with Crippen molar-refractivity contribution in [2.24, 2.45) is 5.41 Å². The van der Waals surface area contributed by atoms with Crippen molar-refractivity contribution < 1.29 is 4.42 Å². The van der Waals surface area contributed by atoms with E-state index < -0.39 is 0 Å². The number of aromatic nitrogens is 1. The number of hydrogen-bond acceptors (Lipinski definition) is 3. The van der Waals surface area contributed by atoms with Crippen molar-refractivity contribution in [2.75, 3.05) is 6.54 Å². The van der Waals surface area contributed by atoms with Crippen LogP contribution in [0.4, 0.5) is 0 Å². The van der Waals surface area contributed by atoms with E-state index in [0.717, 1.165) is 12.1 Å². The summed E-state index contributed by atoms with van der Waals surface area (Å²) in [6.07, 6.45) is 0. The van der Waals surface area contributed by atoms with Crippen molar-refractivity contribution in [3.05, 3.63) is 34.8 Å². The maximum Gasteiger partial charge on any atom is 0.420 e. The summed E-state index contributed by atoms with van der Waals surface area (Å²) in [5.41, 5.74) is 1.59. The minimum absolute atomic E-state index is 0.0772. The fourth-order valence-corrected chi connectivity index (χ4v) is 2.26. The number of para-hydroxylation sites is 2. The van der Waals surface area contributed by atoms with Crippen molar-refractivity contribution >= 4 is 11.1 Å². The Kier molecular flexibility index (Phi) is 3.80. The van der Waals surface area contributed by atoms with Crippen LogP contribution in [0.5, 0.6) is 0 Å². The summed E-state index contributed by atoms with van der Waals surface area (Å²) in [5, 5.41) is 3.45. The van der Waals surface area contributed by atoms with E-state index in [2.05, 4.69) is 33.0 Å². The molecule has 1 N–H and O–H groups in total. The van der Waals surface area contributed by atoms with Crippen LogP contribution in [0.2, 0.25) is 0 Å². The van der Waals surface area contributed by atoms with E-state index in [-0.39, 0.29) is 17.2 Å². The molecule has 0 radical (unpaired) electrons. The molecule has 0 aliphatic heterocycles. The van der Waals surface area contributed by atoms with E-state index in [4.69, 9.17) is 4.42 Å². The summed E-state index contributed by atoms with van der Waals surface area (Å²) in [5.74, 6) is -0.284. The third-order valence-corrected chi connectivity index (χ3v) is 3.43. The molecule has 0 bridgehead atoms. The van der Waals surface area contributed by atoms with Gasteiger partial charge in [0.1, 0.15) is 0 Å². The molecule has 104 valence electrons. The van der Waals surface area contributed by atoms with E-state index in [1.165, 1.54) is 0 Å². The fourth-order valence-electron chi connectivity index (χ4n) is 2.26. The van der Waals surface area contributed by atoms with Gasteiger partial charge in [0.15, 0.2) is 5.58 Å². The standard InChI is InChI=1S/C15H22N2O2/c1-5-16-13(15(2,3)4)10-17-11-8-6-7-9-12(11)19-14(17)18/h6-9,13,16H,5,10H2,1-4H3. The molecule has 4 heteroatoms. The number of rotatable bonds is 4. The first-order chi connectivity index (χ1) is 8.93. The lowest BCUT2D eigenvalue weighted by molar-refractivity contribution is 0.242. The Bertz CT molecular complexity index is 604. The van der Waals surface area contributed by atoms with E-state index in [1.807, 2.05) is 24.3 Å².